The molecule has 0 aliphatic carbocycles. The summed E-state index contributed by atoms with van der Waals surface area (Å²) >= 11 is 0. The number of carbonyl (C=O) groups excluding carboxylic acids is 1. The van der Waals surface area contributed by atoms with Crippen LogP contribution in [0.25, 0.3) is 0 Å². The predicted octanol–water partition coefficient (Wildman–Crippen LogP) is 2.48. The monoisotopic (exact) mass is 210 g/mol. The van der Waals surface area contributed by atoms with E-state index in [-0.39, 0.29) is 11.3 Å². The van der Waals surface area contributed by atoms with E-state index in [1.165, 1.54) is 0 Å². The van der Waals surface area contributed by atoms with Gasteiger partial charge in [0.05, 0.1) is 6.07 Å². The highest BCUT2D eigenvalue weighted by Gasteiger charge is 2.22. The van der Waals surface area contributed by atoms with Gasteiger partial charge in [0, 0.05) is 19.4 Å². The standard InChI is InChI=1S/C12H22N2O/c1-10(12(2,3)4)9-11(15)14-8-6-5-7-13/h10H,5-6,8-9H2,1-4H3,(H,14,15). The van der Waals surface area contributed by atoms with Crippen molar-refractivity contribution in [2.24, 2.45) is 11.3 Å². The van der Waals surface area contributed by atoms with Crippen molar-refractivity contribution in [1.82, 2.24) is 5.32 Å². The van der Waals surface area contributed by atoms with Crippen LogP contribution in [0.5, 0.6) is 0 Å². The lowest BCUT2D eigenvalue weighted by Gasteiger charge is -2.26. The van der Waals surface area contributed by atoms with Gasteiger partial charge in [-0.05, 0) is 17.8 Å². The summed E-state index contributed by atoms with van der Waals surface area (Å²) in [5.74, 6) is 0.462. The second kappa shape index (κ2) is 6.44. The molecule has 0 aromatic carbocycles. The van der Waals surface area contributed by atoms with Crippen LogP contribution in [0.15, 0.2) is 0 Å². The fraction of sp³-hybridized carbons (Fsp3) is 0.833. The topological polar surface area (TPSA) is 52.9 Å². The fourth-order valence-corrected chi connectivity index (χ4v) is 1.05. The summed E-state index contributed by atoms with van der Waals surface area (Å²) < 4.78 is 0. The van der Waals surface area contributed by atoms with Gasteiger partial charge in [-0.15, -0.1) is 0 Å². The van der Waals surface area contributed by atoms with E-state index in [2.05, 4.69) is 39.1 Å². The molecular weight excluding hydrogens is 188 g/mol. The molecule has 0 aliphatic heterocycles. The third-order valence-corrected chi connectivity index (χ3v) is 2.76. The zero-order valence-corrected chi connectivity index (χ0v) is 10.3. The highest BCUT2D eigenvalue weighted by molar-refractivity contribution is 5.76. The molecule has 0 rings (SSSR count). The first-order valence-electron chi connectivity index (χ1n) is 5.51. The number of hydrogen-bond donors (Lipinski definition) is 1. The molecule has 1 atom stereocenters. The van der Waals surface area contributed by atoms with Crippen LogP contribution in [0, 0.1) is 22.7 Å². The Balaban J connectivity index is 3.71. The molecule has 1 amide bonds. The van der Waals surface area contributed by atoms with Crippen molar-refractivity contribution in [3.8, 4) is 6.07 Å². The minimum Gasteiger partial charge on any atom is -0.356 e. The average molecular weight is 210 g/mol. The lowest BCUT2D eigenvalue weighted by atomic mass is 9.80. The molecule has 3 nitrogen and oxygen atoms in total. The van der Waals surface area contributed by atoms with Crippen molar-refractivity contribution in [2.45, 2.75) is 47.0 Å². The van der Waals surface area contributed by atoms with E-state index in [1.807, 2.05) is 0 Å². The molecule has 1 unspecified atom stereocenters. The van der Waals surface area contributed by atoms with Crippen molar-refractivity contribution >= 4 is 5.91 Å². The number of hydrogen-bond acceptors (Lipinski definition) is 2. The Bertz CT molecular complexity index is 235. The molecule has 0 saturated heterocycles. The van der Waals surface area contributed by atoms with Gasteiger partial charge in [-0.3, -0.25) is 4.79 Å². The van der Waals surface area contributed by atoms with E-state index in [9.17, 15) is 4.79 Å². The SMILES string of the molecule is CC(CC(=O)NCCCC#N)C(C)(C)C. The van der Waals surface area contributed by atoms with Crippen molar-refractivity contribution in [2.75, 3.05) is 6.54 Å². The molecule has 86 valence electrons. The Morgan fingerprint density at radius 1 is 1.47 bits per heavy atom. The number of amides is 1. The molecule has 0 saturated carbocycles. The van der Waals surface area contributed by atoms with E-state index >= 15 is 0 Å². The molecule has 15 heavy (non-hydrogen) atoms. The fourth-order valence-electron chi connectivity index (χ4n) is 1.05. The van der Waals surface area contributed by atoms with Gasteiger partial charge in [-0.2, -0.15) is 5.26 Å². The van der Waals surface area contributed by atoms with Crippen molar-refractivity contribution in [3.63, 3.8) is 0 Å². The summed E-state index contributed by atoms with van der Waals surface area (Å²) in [5, 5.41) is 11.2. The van der Waals surface area contributed by atoms with Gasteiger partial charge in [0.15, 0.2) is 0 Å². The molecular formula is C12H22N2O. The van der Waals surface area contributed by atoms with Crippen LogP contribution in [-0.2, 0) is 4.79 Å². The lowest BCUT2D eigenvalue weighted by Crippen LogP contribution is -2.29. The Hall–Kier alpha value is -1.04. The number of nitriles is 1. The molecule has 0 bridgehead atoms. The highest BCUT2D eigenvalue weighted by atomic mass is 16.1. The van der Waals surface area contributed by atoms with Gasteiger partial charge < -0.3 is 5.32 Å². The van der Waals surface area contributed by atoms with Crippen molar-refractivity contribution in [1.29, 1.82) is 5.26 Å². The molecule has 0 radical (unpaired) electrons. The molecule has 3 heteroatoms. The summed E-state index contributed by atoms with van der Waals surface area (Å²) in [6, 6.07) is 2.06. The van der Waals surface area contributed by atoms with Gasteiger partial charge in [0.2, 0.25) is 5.91 Å². The van der Waals surface area contributed by atoms with E-state index < -0.39 is 0 Å². The summed E-state index contributed by atoms with van der Waals surface area (Å²) in [6.07, 6.45) is 1.82. The largest absolute Gasteiger partial charge is 0.356 e. The molecule has 0 heterocycles. The van der Waals surface area contributed by atoms with Crippen molar-refractivity contribution in [3.05, 3.63) is 0 Å². The number of unbranched alkanes of at least 4 members (excludes halogenated alkanes) is 1. The zero-order chi connectivity index (χ0) is 11.9. The second-order valence-corrected chi connectivity index (χ2v) is 5.08. The Morgan fingerprint density at radius 2 is 2.07 bits per heavy atom. The van der Waals surface area contributed by atoms with Crippen LogP contribution < -0.4 is 5.32 Å². The van der Waals surface area contributed by atoms with Gasteiger partial charge in [-0.25, -0.2) is 0 Å². The first kappa shape index (κ1) is 14.0. The lowest BCUT2D eigenvalue weighted by molar-refractivity contribution is -0.122. The first-order valence-corrected chi connectivity index (χ1v) is 5.51. The second-order valence-electron chi connectivity index (χ2n) is 5.08. The Morgan fingerprint density at radius 3 is 2.53 bits per heavy atom. The van der Waals surface area contributed by atoms with Crippen LogP contribution in [-0.4, -0.2) is 12.5 Å². The van der Waals surface area contributed by atoms with Crippen LogP contribution in [0.4, 0.5) is 0 Å². The third-order valence-electron chi connectivity index (χ3n) is 2.76. The average Bonchev–Trinajstić information content (AvgIpc) is 2.11. The quantitative estimate of drug-likeness (QED) is 0.709. The number of nitrogens with zero attached hydrogens (tertiary/aromatic N) is 1. The molecule has 0 fully saturated rings. The predicted molar refractivity (Wildman–Crippen MR) is 61.1 cm³/mol. The Kier molecular flexibility index (Phi) is 6.00. The number of carbonyl (C=O) groups is 1. The van der Waals surface area contributed by atoms with Gasteiger partial charge in [-0.1, -0.05) is 27.7 Å². The van der Waals surface area contributed by atoms with Gasteiger partial charge in [0.25, 0.3) is 0 Å². The summed E-state index contributed by atoms with van der Waals surface area (Å²) in [7, 11) is 0. The zero-order valence-electron chi connectivity index (χ0n) is 10.3. The van der Waals surface area contributed by atoms with Crippen LogP contribution in [0.1, 0.15) is 47.0 Å². The number of nitrogens with one attached hydrogen (secondary N) is 1. The summed E-state index contributed by atoms with van der Waals surface area (Å²) in [4.78, 5) is 11.5. The van der Waals surface area contributed by atoms with Crippen LogP contribution in [0.3, 0.4) is 0 Å². The molecule has 0 aliphatic rings. The first-order chi connectivity index (χ1) is 6.88. The van der Waals surface area contributed by atoms with E-state index in [4.69, 9.17) is 5.26 Å². The maximum absolute atomic E-state index is 11.5. The highest BCUT2D eigenvalue weighted by Crippen LogP contribution is 2.27. The van der Waals surface area contributed by atoms with Gasteiger partial charge >= 0.3 is 0 Å². The van der Waals surface area contributed by atoms with E-state index in [0.29, 0.717) is 25.3 Å². The van der Waals surface area contributed by atoms with E-state index in [1.54, 1.807) is 0 Å². The normalized spacial score (nSPS) is 13.0. The van der Waals surface area contributed by atoms with Crippen molar-refractivity contribution < 1.29 is 4.79 Å². The molecule has 1 N–H and O–H groups in total. The Labute approximate surface area is 92.9 Å². The smallest absolute Gasteiger partial charge is 0.220 e. The third kappa shape index (κ3) is 6.96. The molecule has 0 aromatic rings. The molecule has 0 aromatic heterocycles. The van der Waals surface area contributed by atoms with Crippen LogP contribution >= 0.6 is 0 Å². The van der Waals surface area contributed by atoms with E-state index in [0.717, 1.165) is 6.42 Å². The minimum absolute atomic E-state index is 0.0929. The number of rotatable bonds is 5. The maximum Gasteiger partial charge on any atom is 0.220 e. The minimum atomic E-state index is 0.0929. The molecule has 0 spiro atoms. The summed E-state index contributed by atoms with van der Waals surface area (Å²) in [6.45, 7) is 9.12. The van der Waals surface area contributed by atoms with Crippen LogP contribution in [0.2, 0.25) is 0 Å². The summed E-state index contributed by atoms with van der Waals surface area (Å²) in [5.41, 5.74) is 0.171. The van der Waals surface area contributed by atoms with Gasteiger partial charge in [0.1, 0.15) is 0 Å². The maximum atomic E-state index is 11.5.